The molecule has 0 unspecified atom stereocenters. The molecule has 0 saturated heterocycles. The molecule has 0 aliphatic carbocycles. The van der Waals surface area contributed by atoms with Gasteiger partial charge >= 0.3 is 6.18 Å². The minimum absolute atomic E-state index is 0.0563. The number of rotatable bonds is 5. The first-order valence-electron chi connectivity index (χ1n) is 5.93. The fourth-order valence-electron chi connectivity index (χ4n) is 1.66. The molecule has 0 aliphatic rings. The number of sulfonamides is 1. The molecule has 0 spiro atoms. The van der Waals surface area contributed by atoms with Gasteiger partial charge in [0.05, 0.1) is 16.8 Å². The summed E-state index contributed by atoms with van der Waals surface area (Å²) in [5.41, 5.74) is -0.277. The number of hydrogen-bond donors (Lipinski definition) is 2. The summed E-state index contributed by atoms with van der Waals surface area (Å²) in [5.74, 6) is 0. The Labute approximate surface area is 119 Å². The van der Waals surface area contributed by atoms with Crippen molar-refractivity contribution < 1.29 is 21.6 Å². The van der Waals surface area contributed by atoms with E-state index in [1.54, 1.807) is 6.20 Å². The zero-order valence-electron chi connectivity index (χ0n) is 10.7. The van der Waals surface area contributed by atoms with E-state index in [2.05, 4.69) is 14.7 Å². The summed E-state index contributed by atoms with van der Waals surface area (Å²) in [5, 5.41) is 0. The van der Waals surface area contributed by atoms with Crippen LogP contribution in [0.15, 0.2) is 41.7 Å². The second kappa shape index (κ2) is 5.86. The molecule has 0 bridgehead atoms. The van der Waals surface area contributed by atoms with Crippen molar-refractivity contribution in [1.82, 2.24) is 14.7 Å². The quantitative estimate of drug-likeness (QED) is 0.884. The second-order valence-electron chi connectivity index (χ2n) is 4.25. The molecule has 0 radical (unpaired) electrons. The van der Waals surface area contributed by atoms with E-state index in [9.17, 15) is 21.6 Å². The molecule has 1 aromatic carbocycles. The summed E-state index contributed by atoms with van der Waals surface area (Å²) >= 11 is 0. The SMILES string of the molecule is O=S(=O)(NCCc1cnc[nH]1)c1cccc(C(F)(F)F)c1. The number of nitrogens with zero attached hydrogens (tertiary/aromatic N) is 1. The van der Waals surface area contributed by atoms with Crippen LogP contribution in [-0.4, -0.2) is 24.9 Å². The fraction of sp³-hybridized carbons (Fsp3) is 0.250. The molecule has 0 atom stereocenters. The molecule has 0 amide bonds. The Hall–Kier alpha value is -1.87. The standard InChI is InChI=1S/C12H12F3N3O2S/c13-12(14,15)9-2-1-3-11(6-9)21(19,20)18-5-4-10-7-16-8-17-10/h1-3,6-8,18H,4-5H2,(H,16,17). The Balaban J connectivity index is 2.08. The normalized spacial score (nSPS) is 12.5. The van der Waals surface area contributed by atoms with Gasteiger partial charge in [0.15, 0.2) is 0 Å². The third kappa shape index (κ3) is 4.05. The first-order valence-corrected chi connectivity index (χ1v) is 7.41. The van der Waals surface area contributed by atoms with Gasteiger partial charge in [0.25, 0.3) is 0 Å². The third-order valence-corrected chi connectivity index (χ3v) is 4.17. The van der Waals surface area contributed by atoms with Crippen LogP contribution in [-0.2, 0) is 22.6 Å². The number of nitrogens with one attached hydrogen (secondary N) is 2. The summed E-state index contributed by atoms with van der Waals surface area (Å²) in [6.45, 7) is 0.0563. The molecule has 0 saturated carbocycles. The number of H-pyrrole nitrogens is 1. The Morgan fingerprint density at radius 3 is 2.67 bits per heavy atom. The van der Waals surface area contributed by atoms with Crippen LogP contribution in [0.2, 0.25) is 0 Å². The average molecular weight is 319 g/mol. The summed E-state index contributed by atoms with van der Waals surface area (Å²) in [4.78, 5) is 6.16. The van der Waals surface area contributed by atoms with E-state index in [4.69, 9.17) is 0 Å². The number of imidazole rings is 1. The van der Waals surface area contributed by atoms with Crippen LogP contribution in [0.5, 0.6) is 0 Å². The number of aromatic amines is 1. The maximum Gasteiger partial charge on any atom is 0.416 e. The Kier molecular flexibility index (Phi) is 4.33. The number of aromatic nitrogens is 2. The molecule has 0 fully saturated rings. The predicted octanol–water partition coefficient (Wildman–Crippen LogP) is 1.95. The fourth-order valence-corrected chi connectivity index (χ4v) is 2.74. The van der Waals surface area contributed by atoms with Gasteiger partial charge in [-0.05, 0) is 18.2 Å². The molecule has 5 nitrogen and oxygen atoms in total. The lowest BCUT2D eigenvalue weighted by Crippen LogP contribution is -2.26. The molecule has 2 N–H and O–H groups in total. The van der Waals surface area contributed by atoms with E-state index < -0.39 is 26.7 Å². The maximum absolute atomic E-state index is 12.6. The highest BCUT2D eigenvalue weighted by molar-refractivity contribution is 7.89. The van der Waals surface area contributed by atoms with Crippen molar-refractivity contribution in [2.24, 2.45) is 0 Å². The van der Waals surface area contributed by atoms with Crippen molar-refractivity contribution in [2.75, 3.05) is 6.54 Å². The van der Waals surface area contributed by atoms with Gasteiger partial charge in [0.2, 0.25) is 10.0 Å². The van der Waals surface area contributed by atoms with Crippen LogP contribution < -0.4 is 4.72 Å². The zero-order valence-corrected chi connectivity index (χ0v) is 11.5. The van der Waals surface area contributed by atoms with Crippen molar-refractivity contribution >= 4 is 10.0 Å². The topological polar surface area (TPSA) is 74.8 Å². The van der Waals surface area contributed by atoms with Gasteiger partial charge in [-0.2, -0.15) is 13.2 Å². The van der Waals surface area contributed by atoms with Crippen LogP contribution in [0, 0.1) is 0 Å². The molecular weight excluding hydrogens is 307 g/mol. The molecule has 114 valence electrons. The van der Waals surface area contributed by atoms with Gasteiger partial charge in [0.1, 0.15) is 0 Å². The number of hydrogen-bond acceptors (Lipinski definition) is 3. The lowest BCUT2D eigenvalue weighted by atomic mass is 10.2. The smallest absolute Gasteiger partial charge is 0.348 e. The molecule has 2 aromatic rings. The van der Waals surface area contributed by atoms with Gasteiger partial charge in [-0.25, -0.2) is 18.1 Å². The van der Waals surface area contributed by atoms with Crippen LogP contribution in [0.4, 0.5) is 13.2 Å². The molecule has 0 aliphatic heterocycles. The van der Waals surface area contributed by atoms with Crippen LogP contribution in [0.1, 0.15) is 11.3 Å². The van der Waals surface area contributed by atoms with E-state index >= 15 is 0 Å². The van der Waals surface area contributed by atoms with E-state index in [1.165, 1.54) is 6.33 Å². The Morgan fingerprint density at radius 2 is 2.05 bits per heavy atom. The molecule has 21 heavy (non-hydrogen) atoms. The van der Waals surface area contributed by atoms with Crippen molar-refractivity contribution in [3.8, 4) is 0 Å². The van der Waals surface area contributed by atoms with Crippen molar-refractivity contribution in [3.63, 3.8) is 0 Å². The molecule has 1 aromatic heterocycles. The highest BCUT2D eigenvalue weighted by Gasteiger charge is 2.31. The van der Waals surface area contributed by atoms with Crippen LogP contribution in [0.25, 0.3) is 0 Å². The predicted molar refractivity (Wildman–Crippen MR) is 68.9 cm³/mol. The van der Waals surface area contributed by atoms with Gasteiger partial charge in [-0.3, -0.25) is 0 Å². The third-order valence-electron chi connectivity index (χ3n) is 2.71. The Bertz CT molecular complexity index is 697. The number of alkyl halides is 3. The Morgan fingerprint density at radius 1 is 1.29 bits per heavy atom. The summed E-state index contributed by atoms with van der Waals surface area (Å²) in [6, 6.07) is 3.61. The molecule has 1 heterocycles. The van der Waals surface area contributed by atoms with Crippen molar-refractivity contribution in [3.05, 3.63) is 48.0 Å². The first-order chi connectivity index (χ1) is 9.79. The monoisotopic (exact) mass is 319 g/mol. The van der Waals surface area contributed by atoms with Gasteiger partial charge in [-0.15, -0.1) is 0 Å². The van der Waals surface area contributed by atoms with E-state index in [-0.39, 0.29) is 6.54 Å². The van der Waals surface area contributed by atoms with Crippen LogP contribution in [0.3, 0.4) is 0 Å². The highest BCUT2D eigenvalue weighted by Crippen LogP contribution is 2.30. The highest BCUT2D eigenvalue weighted by atomic mass is 32.2. The van der Waals surface area contributed by atoms with E-state index in [0.29, 0.717) is 12.5 Å². The van der Waals surface area contributed by atoms with Crippen molar-refractivity contribution in [2.45, 2.75) is 17.5 Å². The van der Waals surface area contributed by atoms with E-state index in [0.717, 1.165) is 23.9 Å². The minimum atomic E-state index is -4.58. The molecule has 2 rings (SSSR count). The second-order valence-corrected chi connectivity index (χ2v) is 6.02. The first kappa shape index (κ1) is 15.5. The van der Waals surface area contributed by atoms with E-state index in [1.807, 2.05) is 0 Å². The summed E-state index contributed by atoms with van der Waals surface area (Å²) in [7, 11) is -3.98. The molecule has 9 heteroatoms. The summed E-state index contributed by atoms with van der Waals surface area (Å²) in [6.07, 6.45) is -1.23. The lowest BCUT2D eigenvalue weighted by molar-refractivity contribution is -0.137. The minimum Gasteiger partial charge on any atom is -0.348 e. The maximum atomic E-state index is 12.6. The van der Waals surface area contributed by atoms with Gasteiger partial charge in [-0.1, -0.05) is 6.07 Å². The number of benzene rings is 1. The average Bonchev–Trinajstić information content (AvgIpc) is 2.91. The zero-order chi connectivity index (χ0) is 15.5. The lowest BCUT2D eigenvalue weighted by Gasteiger charge is -2.10. The summed E-state index contributed by atoms with van der Waals surface area (Å²) < 4.78 is 63.8. The van der Waals surface area contributed by atoms with Crippen LogP contribution >= 0.6 is 0 Å². The number of halogens is 3. The van der Waals surface area contributed by atoms with Gasteiger partial charge < -0.3 is 4.98 Å². The molecular formula is C12H12F3N3O2S. The largest absolute Gasteiger partial charge is 0.416 e. The van der Waals surface area contributed by atoms with Gasteiger partial charge in [0, 0.05) is 24.9 Å². The van der Waals surface area contributed by atoms with Crippen molar-refractivity contribution in [1.29, 1.82) is 0 Å².